The summed E-state index contributed by atoms with van der Waals surface area (Å²) >= 11 is 3.39. The van der Waals surface area contributed by atoms with Crippen molar-refractivity contribution in [2.45, 2.75) is 32.7 Å². The van der Waals surface area contributed by atoms with Crippen LogP contribution in [0.5, 0.6) is 0 Å². The van der Waals surface area contributed by atoms with Crippen LogP contribution in [0.25, 0.3) is 0 Å². The van der Waals surface area contributed by atoms with Gasteiger partial charge in [0.15, 0.2) is 5.82 Å². The fourth-order valence-electron chi connectivity index (χ4n) is 3.07. The van der Waals surface area contributed by atoms with Crippen molar-refractivity contribution in [1.82, 2.24) is 4.98 Å². The second-order valence-electron chi connectivity index (χ2n) is 5.70. The van der Waals surface area contributed by atoms with Gasteiger partial charge in [0.05, 0.1) is 5.69 Å². The number of aromatic nitrogens is 1. The first-order valence-electron chi connectivity index (χ1n) is 6.22. The number of nitrogens with one attached hydrogen (secondary N) is 1. The molecule has 0 aromatic carbocycles. The van der Waals surface area contributed by atoms with E-state index in [9.17, 15) is 4.79 Å². The van der Waals surface area contributed by atoms with Gasteiger partial charge in [-0.1, -0.05) is 13.8 Å². The summed E-state index contributed by atoms with van der Waals surface area (Å²) in [6, 6.07) is 1.81. The lowest BCUT2D eigenvalue weighted by Crippen LogP contribution is -2.58. The second-order valence-corrected chi connectivity index (χ2v) is 6.62. The third kappa shape index (κ3) is 1.72. The van der Waals surface area contributed by atoms with Gasteiger partial charge in [0, 0.05) is 17.2 Å². The Bertz CT molecular complexity index is 515. The van der Waals surface area contributed by atoms with Crippen molar-refractivity contribution in [3.8, 4) is 0 Å². The number of amides is 1. The Morgan fingerprint density at radius 2 is 2.33 bits per heavy atom. The van der Waals surface area contributed by atoms with E-state index >= 15 is 0 Å². The zero-order valence-corrected chi connectivity index (χ0v) is 12.1. The van der Waals surface area contributed by atoms with E-state index < -0.39 is 0 Å². The lowest BCUT2D eigenvalue weighted by atomic mass is 9.75. The van der Waals surface area contributed by atoms with Gasteiger partial charge in [-0.25, -0.2) is 4.98 Å². The topological polar surface area (TPSA) is 45.2 Å². The monoisotopic (exact) mass is 309 g/mol. The Morgan fingerprint density at radius 1 is 1.56 bits per heavy atom. The molecule has 0 radical (unpaired) electrons. The van der Waals surface area contributed by atoms with E-state index in [1.165, 1.54) is 0 Å². The first-order valence-corrected chi connectivity index (χ1v) is 7.01. The van der Waals surface area contributed by atoms with E-state index in [-0.39, 0.29) is 17.4 Å². The van der Waals surface area contributed by atoms with Gasteiger partial charge in [-0.05, 0) is 40.3 Å². The molecule has 18 heavy (non-hydrogen) atoms. The molecule has 0 spiro atoms. The first-order chi connectivity index (χ1) is 8.49. The Balaban J connectivity index is 2.09. The smallest absolute Gasteiger partial charge is 0.247 e. The molecule has 1 aromatic heterocycles. The largest absolute Gasteiger partial charge is 0.342 e. The van der Waals surface area contributed by atoms with E-state index in [0.29, 0.717) is 0 Å². The van der Waals surface area contributed by atoms with Gasteiger partial charge in [-0.2, -0.15) is 0 Å². The van der Waals surface area contributed by atoms with Crippen LogP contribution in [-0.4, -0.2) is 23.5 Å². The molecule has 0 bridgehead atoms. The number of carbonyl (C=O) groups excluding carboxylic acids is 1. The summed E-state index contributed by atoms with van der Waals surface area (Å²) in [5.41, 5.74) is 0.803. The van der Waals surface area contributed by atoms with Gasteiger partial charge in [0.1, 0.15) is 6.04 Å². The summed E-state index contributed by atoms with van der Waals surface area (Å²) in [7, 11) is 0. The normalized spacial score (nSPS) is 25.2. The number of nitrogens with zero attached hydrogens (tertiary/aromatic N) is 2. The van der Waals surface area contributed by atoms with Gasteiger partial charge in [0.2, 0.25) is 5.91 Å². The van der Waals surface area contributed by atoms with Gasteiger partial charge in [-0.3, -0.25) is 4.79 Å². The van der Waals surface area contributed by atoms with Crippen molar-refractivity contribution >= 4 is 33.3 Å². The third-order valence-electron chi connectivity index (χ3n) is 3.88. The number of fused-ring (bicyclic) bond motifs is 3. The van der Waals surface area contributed by atoms with Crippen LogP contribution in [0.4, 0.5) is 11.5 Å². The van der Waals surface area contributed by atoms with Crippen LogP contribution < -0.4 is 10.2 Å². The molecule has 2 aliphatic rings. The molecule has 0 saturated carbocycles. The second kappa shape index (κ2) is 3.95. The predicted octanol–water partition coefficient (Wildman–Crippen LogP) is 2.79. The summed E-state index contributed by atoms with van der Waals surface area (Å²) in [5, 5.41) is 2.98. The quantitative estimate of drug-likeness (QED) is 0.801. The van der Waals surface area contributed by atoms with Crippen LogP contribution in [0.3, 0.4) is 0 Å². The van der Waals surface area contributed by atoms with Crippen LogP contribution in [0.2, 0.25) is 0 Å². The summed E-state index contributed by atoms with van der Waals surface area (Å²) in [6.07, 6.45) is 3.97. The molecule has 1 amide bonds. The maximum atomic E-state index is 12.3. The predicted molar refractivity (Wildman–Crippen MR) is 74.7 cm³/mol. The average Bonchev–Trinajstić information content (AvgIpc) is 2.27. The summed E-state index contributed by atoms with van der Waals surface area (Å²) in [5.74, 6) is 0.989. The number of anilines is 2. The Morgan fingerprint density at radius 3 is 3.11 bits per heavy atom. The number of halogens is 1. The zero-order valence-electron chi connectivity index (χ0n) is 10.5. The Labute approximate surface area is 115 Å². The van der Waals surface area contributed by atoms with E-state index in [2.05, 4.69) is 45.0 Å². The molecule has 4 nitrogen and oxygen atoms in total. The van der Waals surface area contributed by atoms with E-state index in [1.54, 1.807) is 6.20 Å². The fourth-order valence-corrected chi connectivity index (χ4v) is 3.40. The molecule has 3 rings (SSSR count). The van der Waals surface area contributed by atoms with Crippen LogP contribution in [0.1, 0.15) is 26.7 Å². The number of hydrogen-bond acceptors (Lipinski definition) is 3. The maximum absolute atomic E-state index is 12.3. The van der Waals surface area contributed by atoms with Crippen molar-refractivity contribution in [2.75, 3.05) is 16.8 Å². The molecule has 1 fully saturated rings. The molecular formula is C13H16BrN3O. The molecule has 96 valence electrons. The number of hydrogen-bond donors (Lipinski definition) is 1. The minimum absolute atomic E-state index is 0.00518. The lowest BCUT2D eigenvalue weighted by molar-refractivity contribution is -0.120. The highest BCUT2D eigenvalue weighted by Crippen LogP contribution is 2.42. The van der Waals surface area contributed by atoms with Gasteiger partial charge in [-0.15, -0.1) is 0 Å². The highest BCUT2D eigenvalue weighted by atomic mass is 79.9. The van der Waals surface area contributed by atoms with Crippen molar-refractivity contribution in [1.29, 1.82) is 0 Å². The average molecular weight is 310 g/mol. The highest BCUT2D eigenvalue weighted by molar-refractivity contribution is 9.10. The molecule has 1 unspecified atom stereocenters. The molecule has 1 N–H and O–H groups in total. The van der Waals surface area contributed by atoms with Crippen LogP contribution in [-0.2, 0) is 4.79 Å². The van der Waals surface area contributed by atoms with E-state index in [1.807, 2.05) is 6.07 Å². The molecule has 1 aromatic rings. The summed E-state index contributed by atoms with van der Waals surface area (Å²) < 4.78 is 0.885. The Kier molecular flexibility index (Phi) is 2.62. The standard InChI is InChI=1S/C13H16BrN3O/c1-13(2)4-3-5-17-10(13)12(18)16-9-6-8(14)7-15-11(9)17/h6-7,10H,3-5H2,1-2H3,(H,16,18). The van der Waals surface area contributed by atoms with Gasteiger partial charge >= 0.3 is 0 Å². The molecular weight excluding hydrogens is 294 g/mol. The van der Waals surface area contributed by atoms with Crippen molar-refractivity contribution < 1.29 is 4.79 Å². The lowest BCUT2D eigenvalue weighted by Gasteiger charge is -2.48. The molecule has 3 heterocycles. The van der Waals surface area contributed by atoms with Crippen LogP contribution in [0.15, 0.2) is 16.7 Å². The number of rotatable bonds is 0. The first kappa shape index (κ1) is 12.0. The van der Waals surface area contributed by atoms with Gasteiger partial charge in [0.25, 0.3) is 0 Å². The fraction of sp³-hybridized carbons (Fsp3) is 0.538. The number of piperidine rings is 1. The number of pyridine rings is 1. The minimum atomic E-state index is -0.104. The molecule has 5 heteroatoms. The van der Waals surface area contributed by atoms with Crippen LogP contribution in [0, 0.1) is 5.41 Å². The molecule has 0 aliphatic carbocycles. The molecule has 1 atom stereocenters. The highest BCUT2D eigenvalue weighted by Gasteiger charge is 2.46. The molecule has 1 saturated heterocycles. The van der Waals surface area contributed by atoms with Crippen molar-refractivity contribution in [3.63, 3.8) is 0 Å². The van der Waals surface area contributed by atoms with E-state index in [0.717, 1.165) is 35.4 Å². The van der Waals surface area contributed by atoms with Crippen molar-refractivity contribution in [2.24, 2.45) is 5.41 Å². The zero-order chi connectivity index (χ0) is 12.9. The number of carbonyl (C=O) groups is 1. The van der Waals surface area contributed by atoms with E-state index in [4.69, 9.17) is 0 Å². The maximum Gasteiger partial charge on any atom is 0.247 e. The molecule has 2 aliphatic heterocycles. The SMILES string of the molecule is CC1(C)CCCN2c3ncc(Br)cc3NC(=O)C21. The summed E-state index contributed by atoms with van der Waals surface area (Å²) in [4.78, 5) is 18.9. The van der Waals surface area contributed by atoms with Crippen LogP contribution >= 0.6 is 15.9 Å². The Hall–Kier alpha value is -1.10. The minimum Gasteiger partial charge on any atom is -0.342 e. The third-order valence-corrected chi connectivity index (χ3v) is 4.32. The van der Waals surface area contributed by atoms with Crippen molar-refractivity contribution in [3.05, 3.63) is 16.7 Å². The summed E-state index contributed by atoms with van der Waals surface area (Å²) in [6.45, 7) is 5.23. The van der Waals surface area contributed by atoms with Gasteiger partial charge < -0.3 is 10.2 Å².